The Balaban J connectivity index is 1.56. The number of nitrogens with one attached hydrogen (secondary N) is 3. The molecule has 6 nitrogen and oxygen atoms in total. The maximum Gasteiger partial charge on any atom is 0.252 e. The van der Waals surface area contributed by atoms with Crippen LogP contribution in [0.2, 0.25) is 5.02 Å². The molecule has 0 aliphatic carbocycles. The zero-order chi connectivity index (χ0) is 19.4. The van der Waals surface area contributed by atoms with Gasteiger partial charge in [0.25, 0.3) is 5.91 Å². The van der Waals surface area contributed by atoms with Crippen LogP contribution >= 0.6 is 11.6 Å². The van der Waals surface area contributed by atoms with Crippen LogP contribution in [0.15, 0.2) is 42.5 Å². The van der Waals surface area contributed by atoms with Crippen LogP contribution in [0, 0.1) is 5.82 Å². The van der Waals surface area contributed by atoms with Crippen LogP contribution in [0.1, 0.15) is 28.3 Å². The highest BCUT2D eigenvalue weighted by Crippen LogP contribution is 2.32. The second-order valence-electron chi connectivity index (χ2n) is 6.06. The molecule has 1 heterocycles. The largest absolute Gasteiger partial charge is 0.354 e. The zero-order valence-electron chi connectivity index (χ0n) is 14.2. The molecule has 3 N–H and O–H groups in total. The Bertz CT molecular complexity index is 904. The molecule has 8 heteroatoms. The third-order valence-corrected chi connectivity index (χ3v) is 4.53. The number of carbonyl (C=O) groups is 3. The monoisotopic (exact) mass is 389 g/mol. The minimum absolute atomic E-state index is 0.0612. The van der Waals surface area contributed by atoms with Crippen LogP contribution in [0.5, 0.6) is 0 Å². The number of fused-ring (bicyclic) bond motifs is 1. The van der Waals surface area contributed by atoms with Crippen molar-refractivity contribution in [3.63, 3.8) is 0 Å². The highest BCUT2D eigenvalue weighted by atomic mass is 35.5. The van der Waals surface area contributed by atoms with Gasteiger partial charge in [0.15, 0.2) is 0 Å². The molecule has 140 valence electrons. The molecular formula is C19H17ClFN3O3. The van der Waals surface area contributed by atoms with E-state index >= 15 is 0 Å². The van der Waals surface area contributed by atoms with Gasteiger partial charge in [-0.3, -0.25) is 14.4 Å². The Morgan fingerprint density at radius 2 is 1.89 bits per heavy atom. The molecule has 0 saturated carbocycles. The van der Waals surface area contributed by atoms with Crippen LogP contribution < -0.4 is 16.0 Å². The maximum atomic E-state index is 13.5. The second-order valence-corrected chi connectivity index (χ2v) is 6.47. The summed E-state index contributed by atoms with van der Waals surface area (Å²) in [5, 5.41) is 8.28. The van der Waals surface area contributed by atoms with Crippen molar-refractivity contribution in [2.45, 2.75) is 12.3 Å². The van der Waals surface area contributed by atoms with E-state index in [-0.39, 0.29) is 31.3 Å². The van der Waals surface area contributed by atoms with Gasteiger partial charge >= 0.3 is 0 Å². The molecule has 0 unspecified atom stereocenters. The molecule has 0 bridgehead atoms. The lowest BCUT2D eigenvalue weighted by molar-refractivity contribution is -0.126. The average Bonchev–Trinajstić information content (AvgIpc) is 2.65. The topological polar surface area (TPSA) is 87.3 Å². The van der Waals surface area contributed by atoms with Crippen molar-refractivity contribution in [3.05, 3.63) is 64.4 Å². The minimum atomic E-state index is -0.774. The molecule has 3 rings (SSSR count). The van der Waals surface area contributed by atoms with Gasteiger partial charge in [-0.05, 0) is 35.9 Å². The summed E-state index contributed by atoms with van der Waals surface area (Å²) in [7, 11) is 0. The fourth-order valence-electron chi connectivity index (χ4n) is 2.89. The summed E-state index contributed by atoms with van der Waals surface area (Å²) >= 11 is 5.96. The van der Waals surface area contributed by atoms with Gasteiger partial charge in [-0.25, -0.2) is 4.39 Å². The van der Waals surface area contributed by atoms with Crippen molar-refractivity contribution < 1.29 is 18.8 Å². The van der Waals surface area contributed by atoms with E-state index in [1.54, 1.807) is 24.3 Å². The predicted octanol–water partition coefficient (Wildman–Crippen LogP) is 2.45. The summed E-state index contributed by atoms with van der Waals surface area (Å²) in [4.78, 5) is 36.3. The predicted molar refractivity (Wildman–Crippen MR) is 99.2 cm³/mol. The van der Waals surface area contributed by atoms with Crippen LogP contribution in [-0.2, 0) is 9.59 Å². The van der Waals surface area contributed by atoms with E-state index in [0.717, 1.165) is 0 Å². The first-order chi connectivity index (χ1) is 13.0. The minimum Gasteiger partial charge on any atom is -0.354 e. The van der Waals surface area contributed by atoms with Gasteiger partial charge in [0.1, 0.15) is 5.82 Å². The van der Waals surface area contributed by atoms with Crippen LogP contribution in [0.3, 0.4) is 0 Å². The smallest absolute Gasteiger partial charge is 0.252 e. The Labute approximate surface area is 160 Å². The van der Waals surface area contributed by atoms with Gasteiger partial charge in [-0.15, -0.1) is 0 Å². The van der Waals surface area contributed by atoms with E-state index in [0.29, 0.717) is 21.8 Å². The van der Waals surface area contributed by atoms with Crippen molar-refractivity contribution in [1.29, 1.82) is 0 Å². The van der Waals surface area contributed by atoms with Gasteiger partial charge in [-0.1, -0.05) is 23.7 Å². The van der Waals surface area contributed by atoms with Crippen molar-refractivity contribution in [1.82, 2.24) is 10.6 Å². The fourth-order valence-corrected chi connectivity index (χ4v) is 3.11. The molecule has 27 heavy (non-hydrogen) atoms. The van der Waals surface area contributed by atoms with E-state index in [1.165, 1.54) is 18.2 Å². The molecule has 1 aliphatic heterocycles. The number of halogens is 2. The lowest BCUT2D eigenvalue weighted by Crippen LogP contribution is -2.39. The average molecular weight is 390 g/mol. The first-order valence-electron chi connectivity index (χ1n) is 8.35. The summed E-state index contributed by atoms with van der Waals surface area (Å²) in [6.07, 6.45) is -0.0612. The maximum absolute atomic E-state index is 13.5. The Hall–Kier alpha value is -2.93. The van der Waals surface area contributed by atoms with E-state index in [4.69, 9.17) is 11.6 Å². The molecule has 2 aromatic carbocycles. The number of hydrogen-bond donors (Lipinski definition) is 3. The molecule has 0 fully saturated rings. The molecule has 0 saturated heterocycles. The van der Waals surface area contributed by atoms with Crippen LogP contribution in [0.4, 0.5) is 10.1 Å². The number of carbonyl (C=O) groups excluding carboxylic acids is 3. The summed E-state index contributed by atoms with van der Waals surface area (Å²) in [5.74, 6) is -2.30. The molecular weight excluding hydrogens is 373 g/mol. The van der Waals surface area contributed by atoms with E-state index in [1.807, 2.05) is 0 Å². The lowest BCUT2D eigenvalue weighted by Gasteiger charge is -2.25. The molecule has 1 atom stereocenters. The fraction of sp³-hybridized carbons (Fsp3) is 0.211. The summed E-state index contributed by atoms with van der Waals surface area (Å²) < 4.78 is 13.5. The standard InChI is InChI=1S/C19H17ClFN3O3/c20-15-4-2-1-3-12(15)18(26)22-7-8-23-19(27)14-10-17(25)24-16-6-5-11(21)9-13(14)16/h1-6,9,14H,7-8,10H2,(H,22,26)(H,23,27)(H,24,25)/t14-/m0/s1. The summed E-state index contributed by atoms with van der Waals surface area (Å²) in [6, 6.07) is 10.5. The number of rotatable bonds is 5. The van der Waals surface area contributed by atoms with E-state index in [2.05, 4.69) is 16.0 Å². The molecule has 1 aliphatic rings. The molecule has 3 amide bonds. The van der Waals surface area contributed by atoms with Gasteiger partial charge in [-0.2, -0.15) is 0 Å². The SMILES string of the molecule is O=C1C[C@H](C(=O)NCCNC(=O)c2ccccc2Cl)c2cc(F)ccc2N1. The Kier molecular flexibility index (Phi) is 5.71. The lowest BCUT2D eigenvalue weighted by atomic mass is 9.89. The number of hydrogen-bond acceptors (Lipinski definition) is 3. The van der Waals surface area contributed by atoms with Gasteiger partial charge in [0.05, 0.1) is 16.5 Å². The van der Waals surface area contributed by atoms with Crippen LogP contribution in [0.25, 0.3) is 0 Å². The second kappa shape index (κ2) is 8.18. The molecule has 2 aromatic rings. The first kappa shape index (κ1) is 18.8. The Morgan fingerprint density at radius 1 is 1.15 bits per heavy atom. The number of anilines is 1. The third-order valence-electron chi connectivity index (χ3n) is 4.20. The highest BCUT2D eigenvalue weighted by molar-refractivity contribution is 6.33. The van der Waals surface area contributed by atoms with Crippen molar-refractivity contribution in [2.75, 3.05) is 18.4 Å². The first-order valence-corrected chi connectivity index (χ1v) is 8.73. The van der Waals surface area contributed by atoms with Crippen molar-refractivity contribution in [2.24, 2.45) is 0 Å². The van der Waals surface area contributed by atoms with E-state index in [9.17, 15) is 18.8 Å². The van der Waals surface area contributed by atoms with E-state index < -0.39 is 17.6 Å². The Morgan fingerprint density at radius 3 is 2.67 bits per heavy atom. The summed E-state index contributed by atoms with van der Waals surface area (Å²) in [6.45, 7) is 0.350. The van der Waals surface area contributed by atoms with Gasteiger partial charge in [0, 0.05) is 25.2 Å². The third kappa shape index (κ3) is 4.43. The van der Waals surface area contributed by atoms with Gasteiger partial charge < -0.3 is 16.0 Å². The molecule has 0 spiro atoms. The highest BCUT2D eigenvalue weighted by Gasteiger charge is 2.30. The summed E-state index contributed by atoms with van der Waals surface area (Å²) in [5.41, 5.74) is 1.21. The number of amides is 3. The quantitative estimate of drug-likeness (QED) is 0.686. The molecule has 0 radical (unpaired) electrons. The van der Waals surface area contributed by atoms with Crippen LogP contribution in [-0.4, -0.2) is 30.8 Å². The van der Waals surface area contributed by atoms with Crippen molar-refractivity contribution >= 4 is 35.0 Å². The van der Waals surface area contributed by atoms with Gasteiger partial charge in [0.2, 0.25) is 11.8 Å². The number of benzene rings is 2. The molecule has 0 aromatic heterocycles. The van der Waals surface area contributed by atoms with Crippen molar-refractivity contribution in [3.8, 4) is 0 Å². The normalized spacial score (nSPS) is 15.5. The zero-order valence-corrected chi connectivity index (χ0v) is 15.0.